The van der Waals surface area contributed by atoms with Gasteiger partial charge in [-0.3, -0.25) is 0 Å². The third-order valence-corrected chi connectivity index (χ3v) is 5.21. The smallest absolute Gasteiger partial charge is 0.160 e. The lowest BCUT2D eigenvalue weighted by Gasteiger charge is -2.13. The van der Waals surface area contributed by atoms with E-state index in [0.717, 1.165) is 22.5 Å². The van der Waals surface area contributed by atoms with Crippen molar-refractivity contribution >= 4 is 28.1 Å². The van der Waals surface area contributed by atoms with Gasteiger partial charge in [-0.2, -0.15) is 0 Å². The number of hydrogen-bond acceptors (Lipinski definition) is 3. The minimum absolute atomic E-state index is 0.0558. The van der Waals surface area contributed by atoms with Crippen molar-refractivity contribution in [1.82, 2.24) is 9.97 Å². The largest absolute Gasteiger partial charge is 0.482 e. The Kier molecular flexibility index (Phi) is 2.93. The molecular formula is C15H13BrN2OS. The molecule has 1 N–H and O–H groups in total. The quantitative estimate of drug-likeness (QED) is 0.814. The first-order valence-corrected chi connectivity index (χ1v) is 7.96. The van der Waals surface area contributed by atoms with E-state index in [9.17, 15) is 0 Å². The second kappa shape index (κ2) is 4.67. The molecule has 2 aromatic rings. The van der Waals surface area contributed by atoms with Crippen molar-refractivity contribution in [2.75, 3.05) is 0 Å². The Morgan fingerprint density at radius 1 is 1.30 bits per heavy atom. The van der Waals surface area contributed by atoms with E-state index in [1.54, 1.807) is 0 Å². The molecule has 0 spiro atoms. The first kappa shape index (κ1) is 12.5. The number of nitrogens with one attached hydrogen (secondary N) is 1. The third kappa shape index (κ3) is 2.09. The summed E-state index contributed by atoms with van der Waals surface area (Å²) in [5.41, 5.74) is 2.41. The van der Waals surface area contributed by atoms with Crippen molar-refractivity contribution in [2.24, 2.45) is 0 Å². The summed E-state index contributed by atoms with van der Waals surface area (Å²) in [5, 5.41) is 0. The lowest BCUT2D eigenvalue weighted by atomic mass is 10.1. The third-order valence-electron chi connectivity index (χ3n) is 3.85. The molecular weight excluding hydrogens is 336 g/mol. The molecule has 4 rings (SSSR count). The summed E-state index contributed by atoms with van der Waals surface area (Å²) in [4.78, 5) is 7.94. The van der Waals surface area contributed by atoms with Gasteiger partial charge in [-0.25, -0.2) is 4.98 Å². The number of halogens is 1. The van der Waals surface area contributed by atoms with Crippen molar-refractivity contribution < 1.29 is 4.74 Å². The van der Waals surface area contributed by atoms with Crippen LogP contribution in [0.5, 0.6) is 5.75 Å². The van der Waals surface area contributed by atoms with Gasteiger partial charge in [0.15, 0.2) is 6.10 Å². The summed E-state index contributed by atoms with van der Waals surface area (Å²) < 4.78 is 7.55. The Labute approximate surface area is 130 Å². The molecule has 1 aromatic carbocycles. The highest BCUT2D eigenvalue weighted by molar-refractivity contribution is 9.10. The van der Waals surface area contributed by atoms with Crippen molar-refractivity contribution in [2.45, 2.75) is 31.3 Å². The maximum Gasteiger partial charge on any atom is 0.160 e. The van der Waals surface area contributed by atoms with Gasteiger partial charge < -0.3 is 9.72 Å². The van der Waals surface area contributed by atoms with Gasteiger partial charge in [0, 0.05) is 18.0 Å². The molecule has 1 aliphatic heterocycles. The summed E-state index contributed by atoms with van der Waals surface area (Å²) in [6, 6.07) is 8.14. The van der Waals surface area contributed by atoms with E-state index in [4.69, 9.17) is 17.0 Å². The van der Waals surface area contributed by atoms with Crippen LogP contribution in [0.4, 0.5) is 0 Å². The number of aromatic amines is 1. The molecule has 0 saturated heterocycles. The Morgan fingerprint density at radius 3 is 2.85 bits per heavy atom. The lowest BCUT2D eigenvalue weighted by molar-refractivity contribution is 0.227. The number of para-hydroxylation sites is 1. The minimum atomic E-state index is -0.0558. The summed E-state index contributed by atoms with van der Waals surface area (Å²) >= 11 is 8.92. The first-order chi connectivity index (χ1) is 9.72. The fourth-order valence-corrected chi connectivity index (χ4v) is 3.35. The molecule has 1 atom stereocenters. The van der Waals surface area contributed by atoms with Gasteiger partial charge in [0.2, 0.25) is 0 Å². The van der Waals surface area contributed by atoms with Gasteiger partial charge in [0.05, 0.1) is 4.47 Å². The average Bonchev–Trinajstić information content (AvgIpc) is 3.19. The molecule has 2 heterocycles. The Morgan fingerprint density at radius 2 is 2.10 bits per heavy atom. The number of aromatic nitrogens is 2. The van der Waals surface area contributed by atoms with Crippen molar-refractivity contribution in [3.63, 3.8) is 0 Å². The SMILES string of the molecule is S=c1nc(C2Cc3ccccc3O2)[nH]c(C2CC2)c1Br. The van der Waals surface area contributed by atoms with Crippen LogP contribution in [0, 0.1) is 4.64 Å². The van der Waals surface area contributed by atoms with Gasteiger partial charge in [0.1, 0.15) is 16.2 Å². The van der Waals surface area contributed by atoms with E-state index in [0.29, 0.717) is 10.6 Å². The maximum absolute atomic E-state index is 5.99. The average molecular weight is 349 g/mol. The van der Waals surface area contributed by atoms with E-state index in [2.05, 4.69) is 32.0 Å². The van der Waals surface area contributed by atoms with Crippen LogP contribution >= 0.6 is 28.1 Å². The van der Waals surface area contributed by atoms with E-state index >= 15 is 0 Å². The monoisotopic (exact) mass is 348 g/mol. The van der Waals surface area contributed by atoms with Gasteiger partial charge >= 0.3 is 0 Å². The van der Waals surface area contributed by atoms with E-state index in [-0.39, 0.29) is 6.10 Å². The number of rotatable bonds is 2. The molecule has 1 fully saturated rings. The molecule has 20 heavy (non-hydrogen) atoms. The highest BCUT2D eigenvalue weighted by atomic mass is 79.9. The number of nitrogens with zero attached hydrogens (tertiary/aromatic N) is 1. The molecule has 1 aliphatic carbocycles. The summed E-state index contributed by atoms with van der Waals surface area (Å²) in [7, 11) is 0. The van der Waals surface area contributed by atoms with Crippen LogP contribution in [-0.4, -0.2) is 9.97 Å². The Hall–Kier alpha value is -1.20. The summed E-state index contributed by atoms with van der Waals surface area (Å²) in [6.07, 6.45) is 3.23. The molecule has 1 saturated carbocycles. The highest BCUT2D eigenvalue weighted by Crippen LogP contribution is 2.43. The normalized spacial score (nSPS) is 20.6. The molecule has 1 unspecified atom stereocenters. The zero-order valence-corrected chi connectivity index (χ0v) is 13.1. The zero-order chi connectivity index (χ0) is 13.7. The molecule has 0 radical (unpaired) electrons. The number of ether oxygens (including phenoxy) is 1. The van der Waals surface area contributed by atoms with Gasteiger partial charge in [-0.15, -0.1) is 0 Å². The van der Waals surface area contributed by atoms with E-state index in [1.807, 2.05) is 18.2 Å². The number of fused-ring (bicyclic) bond motifs is 1. The fourth-order valence-electron chi connectivity index (χ4n) is 2.63. The number of H-pyrrole nitrogens is 1. The lowest BCUT2D eigenvalue weighted by Crippen LogP contribution is -2.10. The number of benzene rings is 1. The van der Waals surface area contributed by atoms with E-state index in [1.165, 1.54) is 24.1 Å². The van der Waals surface area contributed by atoms with Crippen LogP contribution in [0.1, 0.15) is 41.9 Å². The predicted octanol–water partition coefficient (Wildman–Crippen LogP) is 4.46. The summed E-state index contributed by atoms with van der Waals surface area (Å²) in [6.45, 7) is 0. The van der Waals surface area contributed by atoms with Crippen LogP contribution in [0.3, 0.4) is 0 Å². The Balaban J connectivity index is 1.72. The second-order valence-electron chi connectivity index (χ2n) is 5.35. The number of hydrogen-bond donors (Lipinski definition) is 1. The molecule has 1 aromatic heterocycles. The van der Waals surface area contributed by atoms with Gasteiger partial charge in [0.25, 0.3) is 0 Å². The minimum Gasteiger partial charge on any atom is -0.482 e. The fraction of sp³-hybridized carbons (Fsp3) is 0.333. The van der Waals surface area contributed by atoms with Crippen molar-refractivity contribution in [3.05, 3.63) is 50.5 Å². The molecule has 3 nitrogen and oxygen atoms in total. The zero-order valence-electron chi connectivity index (χ0n) is 10.7. The van der Waals surface area contributed by atoms with Crippen LogP contribution in [0.2, 0.25) is 0 Å². The predicted molar refractivity (Wildman–Crippen MR) is 82.6 cm³/mol. The molecule has 5 heteroatoms. The standard InChI is InChI=1S/C15H13BrN2OS/c16-12-13(8-5-6-8)17-14(18-15(12)20)11-7-9-3-1-2-4-10(9)19-11/h1-4,8,11H,5-7H2,(H,17,18,20). The van der Waals surface area contributed by atoms with E-state index < -0.39 is 0 Å². The Bertz CT molecular complexity index is 714. The van der Waals surface area contributed by atoms with Crippen LogP contribution < -0.4 is 4.74 Å². The molecule has 2 aliphatic rings. The van der Waals surface area contributed by atoms with Crippen molar-refractivity contribution in [3.8, 4) is 5.75 Å². The molecule has 0 amide bonds. The van der Waals surface area contributed by atoms with Gasteiger partial charge in [-0.05, 0) is 40.4 Å². The maximum atomic E-state index is 5.99. The second-order valence-corrected chi connectivity index (χ2v) is 6.53. The van der Waals surface area contributed by atoms with Crippen LogP contribution in [-0.2, 0) is 6.42 Å². The molecule has 102 valence electrons. The van der Waals surface area contributed by atoms with Crippen molar-refractivity contribution in [1.29, 1.82) is 0 Å². The van der Waals surface area contributed by atoms with Gasteiger partial charge in [-0.1, -0.05) is 30.4 Å². The molecule has 0 bridgehead atoms. The van der Waals surface area contributed by atoms with Crippen LogP contribution in [0.25, 0.3) is 0 Å². The highest BCUT2D eigenvalue weighted by Gasteiger charge is 2.31. The first-order valence-electron chi connectivity index (χ1n) is 6.76. The summed E-state index contributed by atoms with van der Waals surface area (Å²) in [5.74, 6) is 2.39. The topological polar surface area (TPSA) is 37.9 Å². The van der Waals surface area contributed by atoms with Crippen LogP contribution in [0.15, 0.2) is 28.7 Å².